The summed E-state index contributed by atoms with van der Waals surface area (Å²) in [7, 11) is -3.46. The minimum absolute atomic E-state index is 0.0296. The van der Waals surface area contributed by atoms with E-state index in [2.05, 4.69) is 9.71 Å². The topological polar surface area (TPSA) is 72.2 Å². The molecule has 0 bridgehead atoms. The molecule has 0 saturated heterocycles. The number of rotatable bonds is 6. The van der Waals surface area contributed by atoms with E-state index in [1.165, 1.54) is 0 Å². The lowest BCUT2D eigenvalue weighted by molar-refractivity contribution is 0.463. The maximum atomic E-state index is 12.2. The zero-order valence-electron chi connectivity index (χ0n) is 14.2. The van der Waals surface area contributed by atoms with E-state index in [-0.39, 0.29) is 12.3 Å². The van der Waals surface area contributed by atoms with Gasteiger partial charge in [0.2, 0.25) is 15.9 Å². The zero-order valence-corrected chi connectivity index (χ0v) is 15.0. The Morgan fingerprint density at radius 1 is 1.00 bits per heavy atom. The molecule has 3 aromatic rings. The highest BCUT2D eigenvalue weighted by atomic mass is 32.2. The van der Waals surface area contributed by atoms with Crippen molar-refractivity contribution in [3.63, 3.8) is 0 Å². The normalized spacial score (nSPS) is 11.6. The van der Waals surface area contributed by atoms with E-state index < -0.39 is 10.0 Å². The van der Waals surface area contributed by atoms with Crippen molar-refractivity contribution in [3.8, 4) is 11.3 Å². The molecule has 1 heterocycles. The van der Waals surface area contributed by atoms with Gasteiger partial charge in [0, 0.05) is 5.56 Å². The van der Waals surface area contributed by atoms with E-state index in [1.807, 2.05) is 68.4 Å². The van der Waals surface area contributed by atoms with Crippen LogP contribution in [0.15, 0.2) is 59.0 Å². The quantitative estimate of drug-likeness (QED) is 0.733. The van der Waals surface area contributed by atoms with Gasteiger partial charge in [0.15, 0.2) is 0 Å². The number of nitrogens with zero attached hydrogens (tertiary/aromatic N) is 1. The Morgan fingerprint density at radius 2 is 1.68 bits per heavy atom. The Morgan fingerprint density at radius 3 is 2.36 bits per heavy atom. The number of sulfonamides is 1. The molecule has 0 fully saturated rings. The highest BCUT2D eigenvalue weighted by Crippen LogP contribution is 2.23. The van der Waals surface area contributed by atoms with Crippen LogP contribution in [0.2, 0.25) is 0 Å². The third-order valence-electron chi connectivity index (χ3n) is 3.81. The molecule has 0 aliphatic rings. The molecule has 0 aliphatic heterocycles. The van der Waals surface area contributed by atoms with Gasteiger partial charge in [0.25, 0.3) is 0 Å². The summed E-state index contributed by atoms with van der Waals surface area (Å²) in [4.78, 5) is 4.41. The van der Waals surface area contributed by atoms with Crippen molar-refractivity contribution in [2.45, 2.75) is 26.1 Å². The molecule has 1 N–H and O–H groups in total. The van der Waals surface area contributed by atoms with E-state index in [0.29, 0.717) is 11.7 Å². The first-order valence-electron chi connectivity index (χ1n) is 7.97. The molecular weight excluding hydrogens is 336 g/mol. The summed E-state index contributed by atoms with van der Waals surface area (Å²) in [5, 5.41) is 0. The average Bonchev–Trinajstić information content (AvgIpc) is 2.97. The molecule has 0 radical (unpaired) electrons. The van der Waals surface area contributed by atoms with Crippen molar-refractivity contribution in [1.29, 1.82) is 0 Å². The molecule has 0 aliphatic carbocycles. The standard InChI is InChI=1S/C19H20N2O3S/c1-14-8-10-16(11-9-14)13-25(22,23)20-12-18-21-19(15(2)24-18)17-6-4-3-5-7-17/h3-11,20H,12-13H2,1-2H3. The minimum Gasteiger partial charge on any atom is -0.444 e. The molecule has 0 atom stereocenters. The molecular formula is C19H20N2O3S. The number of aryl methyl sites for hydroxylation is 2. The largest absolute Gasteiger partial charge is 0.444 e. The summed E-state index contributed by atoms with van der Waals surface area (Å²) in [6.07, 6.45) is 0. The number of hydrogen-bond acceptors (Lipinski definition) is 4. The Hall–Kier alpha value is -2.44. The third-order valence-corrected chi connectivity index (χ3v) is 5.11. The average molecular weight is 356 g/mol. The molecule has 2 aromatic carbocycles. The van der Waals surface area contributed by atoms with E-state index >= 15 is 0 Å². The predicted molar refractivity (Wildman–Crippen MR) is 97.3 cm³/mol. The minimum atomic E-state index is -3.46. The van der Waals surface area contributed by atoms with Crippen molar-refractivity contribution >= 4 is 10.0 Å². The molecule has 5 nitrogen and oxygen atoms in total. The number of hydrogen-bond donors (Lipinski definition) is 1. The summed E-state index contributed by atoms with van der Waals surface area (Å²) >= 11 is 0. The fourth-order valence-electron chi connectivity index (χ4n) is 2.52. The van der Waals surface area contributed by atoms with Crippen LogP contribution >= 0.6 is 0 Å². The van der Waals surface area contributed by atoms with Gasteiger partial charge in [-0.15, -0.1) is 0 Å². The van der Waals surface area contributed by atoms with E-state index in [4.69, 9.17) is 4.42 Å². The van der Waals surface area contributed by atoms with Crippen LogP contribution < -0.4 is 4.72 Å². The molecule has 1 aromatic heterocycles. The van der Waals surface area contributed by atoms with Crippen LogP contribution in [0.1, 0.15) is 22.8 Å². The van der Waals surface area contributed by atoms with Crippen LogP contribution in [0.4, 0.5) is 0 Å². The van der Waals surface area contributed by atoms with Gasteiger partial charge in [0.05, 0.1) is 12.3 Å². The fourth-order valence-corrected chi connectivity index (χ4v) is 3.59. The van der Waals surface area contributed by atoms with Gasteiger partial charge in [-0.25, -0.2) is 18.1 Å². The first-order valence-corrected chi connectivity index (χ1v) is 9.63. The van der Waals surface area contributed by atoms with Gasteiger partial charge in [-0.05, 0) is 19.4 Å². The highest BCUT2D eigenvalue weighted by molar-refractivity contribution is 7.88. The van der Waals surface area contributed by atoms with Crippen molar-refractivity contribution in [2.24, 2.45) is 0 Å². The SMILES string of the molecule is Cc1ccc(CS(=O)(=O)NCc2nc(-c3ccccc3)c(C)o2)cc1. The lowest BCUT2D eigenvalue weighted by atomic mass is 10.1. The van der Waals surface area contributed by atoms with Gasteiger partial charge >= 0.3 is 0 Å². The van der Waals surface area contributed by atoms with Gasteiger partial charge in [-0.3, -0.25) is 0 Å². The summed E-state index contributed by atoms with van der Waals surface area (Å²) < 4.78 is 32.6. The van der Waals surface area contributed by atoms with Crippen LogP contribution in [-0.2, 0) is 22.3 Å². The summed E-state index contributed by atoms with van der Waals surface area (Å²) in [6.45, 7) is 3.81. The number of nitrogens with one attached hydrogen (secondary N) is 1. The maximum Gasteiger partial charge on any atom is 0.216 e. The summed E-state index contributed by atoms with van der Waals surface area (Å²) in [5.41, 5.74) is 3.51. The van der Waals surface area contributed by atoms with Gasteiger partial charge in [-0.2, -0.15) is 0 Å². The number of oxazole rings is 1. The lowest BCUT2D eigenvalue weighted by Gasteiger charge is -2.05. The monoisotopic (exact) mass is 356 g/mol. The number of benzene rings is 2. The second kappa shape index (κ2) is 7.21. The molecule has 6 heteroatoms. The summed E-state index contributed by atoms with van der Waals surface area (Å²) in [6, 6.07) is 17.1. The first-order chi connectivity index (χ1) is 11.9. The molecule has 25 heavy (non-hydrogen) atoms. The number of aromatic nitrogens is 1. The van der Waals surface area contributed by atoms with Gasteiger partial charge in [-0.1, -0.05) is 60.2 Å². The first kappa shape index (κ1) is 17.4. The maximum absolute atomic E-state index is 12.2. The van der Waals surface area contributed by atoms with E-state index in [0.717, 1.165) is 22.4 Å². The van der Waals surface area contributed by atoms with Crippen molar-refractivity contribution in [1.82, 2.24) is 9.71 Å². The molecule has 0 saturated carbocycles. The van der Waals surface area contributed by atoms with Crippen molar-refractivity contribution < 1.29 is 12.8 Å². The molecule has 3 rings (SSSR count). The van der Waals surface area contributed by atoms with Gasteiger partial charge in [0.1, 0.15) is 11.5 Å². The Labute approximate surface area is 147 Å². The Balaban J connectivity index is 1.68. The van der Waals surface area contributed by atoms with E-state index in [9.17, 15) is 8.42 Å². The Bertz CT molecular complexity index is 946. The highest BCUT2D eigenvalue weighted by Gasteiger charge is 2.15. The zero-order chi connectivity index (χ0) is 17.9. The lowest BCUT2D eigenvalue weighted by Crippen LogP contribution is -2.24. The summed E-state index contributed by atoms with van der Waals surface area (Å²) in [5.74, 6) is 0.946. The fraction of sp³-hybridized carbons (Fsp3) is 0.211. The molecule has 130 valence electrons. The van der Waals surface area contributed by atoms with Gasteiger partial charge < -0.3 is 4.42 Å². The van der Waals surface area contributed by atoms with Crippen molar-refractivity contribution in [2.75, 3.05) is 0 Å². The second-order valence-corrected chi connectivity index (χ2v) is 7.75. The predicted octanol–water partition coefficient (Wildman–Crippen LogP) is 3.58. The van der Waals surface area contributed by atoms with Crippen LogP contribution in [-0.4, -0.2) is 13.4 Å². The Kier molecular flexibility index (Phi) is 5.01. The van der Waals surface area contributed by atoms with Crippen LogP contribution in [0.3, 0.4) is 0 Å². The van der Waals surface area contributed by atoms with Crippen LogP contribution in [0.5, 0.6) is 0 Å². The molecule has 0 amide bonds. The second-order valence-electron chi connectivity index (χ2n) is 5.94. The smallest absolute Gasteiger partial charge is 0.216 e. The molecule has 0 spiro atoms. The molecule has 0 unspecified atom stereocenters. The third kappa shape index (κ3) is 4.55. The van der Waals surface area contributed by atoms with Crippen LogP contribution in [0.25, 0.3) is 11.3 Å². The van der Waals surface area contributed by atoms with Crippen molar-refractivity contribution in [3.05, 3.63) is 77.4 Å². The van der Waals surface area contributed by atoms with Crippen LogP contribution in [0, 0.1) is 13.8 Å². The van der Waals surface area contributed by atoms with E-state index in [1.54, 1.807) is 0 Å².